The Morgan fingerprint density at radius 1 is 0.884 bits per heavy atom. The van der Waals surface area contributed by atoms with Gasteiger partial charge in [0.2, 0.25) is 12.6 Å². The monoisotopic (exact) mass is 612 g/mol. The molecule has 0 aromatic rings. The molecule has 2 aliphatic heterocycles. The number of rotatable bonds is 12. The van der Waals surface area contributed by atoms with E-state index in [9.17, 15) is 28.8 Å². The predicted molar refractivity (Wildman–Crippen MR) is 141 cm³/mol. The van der Waals surface area contributed by atoms with Gasteiger partial charge in [0.1, 0.15) is 19.3 Å². The lowest BCUT2D eigenvalue weighted by Gasteiger charge is -2.45. The van der Waals surface area contributed by atoms with E-state index >= 15 is 0 Å². The summed E-state index contributed by atoms with van der Waals surface area (Å²) in [5.41, 5.74) is 0.263. The first-order chi connectivity index (χ1) is 20.3. The fourth-order valence-electron chi connectivity index (χ4n) is 4.42. The van der Waals surface area contributed by atoms with E-state index in [1.807, 2.05) is 0 Å². The van der Waals surface area contributed by atoms with Crippen molar-refractivity contribution >= 4 is 35.8 Å². The number of ether oxygens (including phenoxy) is 9. The fraction of sp³-hybridized carbons (Fsp3) is 0.571. The first-order valence-corrected chi connectivity index (χ1v) is 13.1. The summed E-state index contributed by atoms with van der Waals surface area (Å²) < 4.78 is 48.9. The van der Waals surface area contributed by atoms with Gasteiger partial charge in [-0.1, -0.05) is 18.7 Å². The van der Waals surface area contributed by atoms with Crippen molar-refractivity contribution in [1.29, 1.82) is 0 Å². The summed E-state index contributed by atoms with van der Waals surface area (Å²) in [5, 5.41) is 0. The van der Waals surface area contributed by atoms with Gasteiger partial charge in [-0.25, -0.2) is 4.79 Å². The van der Waals surface area contributed by atoms with Crippen LogP contribution in [0.5, 0.6) is 0 Å². The Morgan fingerprint density at radius 3 is 2.02 bits per heavy atom. The van der Waals surface area contributed by atoms with E-state index in [0.29, 0.717) is 0 Å². The average molecular weight is 613 g/mol. The Morgan fingerprint density at radius 2 is 1.49 bits per heavy atom. The molecule has 43 heavy (non-hydrogen) atoms. The first kappa shape index (κ1) is 35.0. The highest BCUT2D eigenvalue weighted by atomic mass is 16.8. The standard InChI is InChI=1S/C28H36O15/c1-8-10-36-22(33)11-19-18(9-2)27(38-12-20(19)26(34)35-7)43-28-25(41-17(6)32)24(40-16(5)31)23(39-15(4)30)21(42-28)13-37-14(3)29/h8-9,12,19,21,23-25,27-28H,1,10-11,13H2,2-7H3/b18-9+/t19-,21+,23+,24-,25+,27-,28-/m0/s1. The zero-order valence-electron chi connectivity index (χ0n) is 24.7. The molecule has 2 aliphatic rings. The van der Waals surface area contributed by atoms with Crippen LogP contribution in [0.2, 0.25) is 0 Å². The Balaban J connectivity index is 2.54. The lowest BCUT2D eigenvalue weighted by atomic mass is 9.86. The number of hydrogen-bond donors (Lipinski definition) is 0. The van der Waals surface area contributed by atoms with Crippen LogP contribution >= 0.6 is 0 Å². The SMILES string of the molecule is C=CCOC(=O)C[C@@H]1C(C(=O)OC)=CO[C@@H](O[C@@H]2O[C@H](COC(C)=O)[C@@H](OC(C)=O)[C@H](OC(C)=O)[C@H]2OC(C)=O)/C1=C/C. The lowest BCUT2D eigenvalue weighted by molar-refractivity contribution is -0.331. The van der Waals surface area contributed by atoms with Gasteiger partial charge in [0.15, 0.2) is 18.3 Å². The van der Waals surface area contributed by atoms with Crippen molar-refractivity contribution in [1.82, 2.24) is 0 Å². The Hall–Kier alpha value is -4.24. The molecular weight excluding hydrogens is 576 g/mol. The van der Waals surface area contributed by atoms with Crippen LogP contribution in [0.3, 0.4) is 0 Å². The van der Waals surface area contributed by atoms with Gasteiger partial charge in [0, 0.05) is 39.2 Å². The van der Waals surface area contributed by atoms with Gasteiger partial charge in [-0.3, -0.25) is 24.0 Å². The highest BCUT2D eigenvalue weighted by Crippen LogP contribution is 2.37. The van der Waals surface area contributed by atoms with Crippen molar-refractivity contribution in [2.45, 2.75) is 78.0 Å². The van der Waals surface area contributed by atoms with Crippen LogP contribution in [0.25, 0.3) is 0 Å². The second kappa shape index (κ2) is 16.4. The van der Waals surface area contributed by atoms with Gasteiger partial charge in [0.05, 0.1) is 25.4 Å². The Labute approximate surface area is 248 Å². The van der Waals surface area contributed by atoms with E-state index < -0.39 is 85.3 Å². The molecule has 0 N–H and O–H groups in total. The second-order valence-electron chi connectivity index (χ2n) is 9.25. The van der Waals surface area contributed by atoms with Gasteiger partial charge in [-0.15, -0.1) is 0 Å². The van der Waals surface area contributed by atoms with Gasteiger partial charge in [-0.05, 0) is 6.92 Å². The molecule has 0 unspecified atom stereocenters. The van der Waals surface area contributed by atoms with Crippen molar-refractivity contribution in [2.24, 2.45) is 5.92 Å². The average Bonchev–Trinajstić information content (AvgIpc) is 2.93. The molecule has 1 saturated heterocycles. The zero-order chi connectivity index (χ0) is 32.3. The van der Waals surface area contributed by atoms with E-state index in [2.05, 4.69) is 6.58 Å². The first-order valence-electron chi connectivity index (χ1n) is 13.1. The molecule has 0 aromatic heterocycles. The van der Waals surface area contributed by atoms with Crippen molar-refractivity contribution in [2.75, 3.05) is 20.3 Å². The summed E-state index contributed by atoms with van der Waals surface area (Å²) in [7, 11) is 1.16. The number of esters is 6. The van der Waals surface area contributed by atoms with Gasteiger partial charge in [-0.2, -0.15) is 0 Å². The zero-order valence-corrected chi connectivity index (χ0v) is 24.7. The minimum atomic E-state index is -1.58. The maximum atomic E-state index is 12.5. The molecular formula is C28H36O15. The highest BCUT2D eigenvalue weighted by molar-refractivity contribution is 5.90. The highest BCUT2D eigenvalue weighted by Gasteiger charge is 2.54. The van der Waals surface area contributed by atoms with Crippen LogP contribution in [0, 0.1) is 5.92 Å². The van der Waals surface area contributed by atoms with Crippen molar-refractivity contribution in [3.63, 3.8) is 0 Å². The molecule has 0 saturated carbocycles. The van der Waals surface area contributed by atoms with Crippen molar-refractivity contribution in [3.05, 3.63) is 36.1 Å². The molecule has 15 nitrogen and oxygen atoms in total. The topological polar surface area (TPSA) is 185 Å². The maximum Gasteiger partial charge on any atom is 0.337 e. The van der Waals surface area contributed by atoms with Gasteiger partial charge >= 0.3 is 35.8 Å². The molecule has 0 amide bonds. The quantitative estimate of drug-likeness (QED) is 0.174. The summed E-state index contributed by atoms with van der Waals surface area (Å²) in [6, 6.07) is 0. The predicted octanol–water partition coefficient (Wildman–Crippen LogP) is 1.18. The Kier molecular flexibility index (Phi) is 13.3. The minimum absolute atomic E-state index is 0.00690. The van der Waals surface area contributed by atoms with Gasteiger partial charge in [0.25, 0.3) is 0 Å². The van der Waals surface area contributed by atoms with E-state index in [4.69, 9.17) is 42.6 Å². The van der Waals surface area contributed by atoms with Crippen LogP contribution in [0.4, 0.5) is 0 Å². The van der Waals surface area contributed by atoms with Crippen LogP contribution in [-0.2, 0) is 71.4 Å². The second-order valence-corrected chi connectivity index (χ2v) is 9.25. The molecule has 15 heteroatoms. The molecule has 0 aromatic carbocycles. The molecule has 238 valence electrons. The maximum absolute atomic E-state index is 12.5. The van der Waals surface area contributed by atoms with E-state index in [1.165, 1.54) is 12.2 Å². The van der Waals surface area contributed by atoms with Gasteiger partial charge < -0.3 is 42.6 Å². The number of carbonyl (C=O) groups excluding carboxylic acids is 6. The summed E-state index contributed by atoms with van der Waals surface area (Å²) in [4.78, 5) is 72.8. The fourth-order valence-corrected chi connectivity index (χ4v) is 4.42. The molecule has 0 spiro atoms. The third-order valence-corrected chi connectivity index (χ3v) is 6.06. The number of carbonyl (C=O) groups is 6. The number of hydrogen-bond acceptors (Lipinski definition) is 15. The van der Waals surface area contributed by atoms with Crippen LogP contribution < -0.4 is 0 Å². The van der Waals surface area contributed by atoms with Crippen LogP contribution in [0.1, 0.15) is 41.0 Å². The smallest absolute Gasteiger partial charge is 0.337 e. The van der Waals surface area contributed by atoms with E-state index in [-0.39, 0.29) is 24.2 Å². The molecule has 0 aliphatic carbocycles. The van der Waals surface area contributed by atoms with Crippen LogP contribution in [0.15, 0.2) is 36.1 Å². The third kappa shape index (κ3) is 9.92. The lowest BCUT2D eigenvalue weighted by Crippen LogP contribution is -2.63. The molecule has 1 fully saturated rings. The van der Waals surface area contributed by atoms with Crippen molar-refractivity contribution in [3.8, 4) is 0 Å². The summed E-state index contributed by atoms with van der Waals surface area (Å²) in [6.45, 7) is 8.97. The van der Waals surface area contributed by atoms with E-state index in [0.717, 1.165) is 41.1 Å². The molecule has 2 rings (SSSR count). The molecule has 0 bridgehead atoms. The van der Waals surface area contributed by atoms with Crippen LogP contribution in [-0.4, -0.2) is 93.1 Å². The van der Waals surface area contributed by atoms with Crippen molar-refractivity contribution < 1.29 is 71.4 Å². The number of methoxy groups -OCH3 is 1. The summed E-state index contributed by atoms with van der Waals surface area (Å²) in [6.07, 6.45) is -4.93. The summed E-state index contributed by atoms with van der Waals surface area (Å²) in [5.74, 6) is -5.49. The normalized spacial score (nSPS) is 27.4. The largest absolute Gasteiger partial charge is 0.468 e. The minimum Gasteiger partial charge on any atom is -0.468 e. The number of allylic oxidation sites excluding steroid dienone is 1. The molecule has 7 atom stereocenters. The molecule has 2 heterocycles. The van der Waals surface area contributed by atoms with E-state index in [1.54, 1.807) is 6.92 Å². The summed E-state index contributed by atoms with van der Waals surface area (Å²) >= 11 is 0. The Bertz CT molecular complexity index is 1140. The molecule has 0 radical (unpaired) electrons. The third-order valence-electron chi connectivity index (χ3n) is 6.06.